The van der Waals surface area contributed by atoms with E-state index in [1.54, 1.807) is 0 Å². The van der Waals surface area contributed by atoms with Gasteiger partial charge in [0.2, 0.25) is 0 Å². The van der Waals surface area contributed by atoms with Crippen molar-refractivity contribution in [2.75, 3.05) is 9.80 Å². The molecule has 5 heteroatoms. The number of hydrogen-bond acceptors (Lipinski definition) is 2. The average molecular weight is 1410 g/mol. The molecular formula is C104H91BN4. The molecule has 0 N–H and O–H groups in total. The molecule has 0 bridgehead atoms. The van der Waals surface area contributed by atoms with Crippen molar-refractivity contribution in [1.29, 1.82) is 0 Å². The van der Waals surface area contributed by atoms with Crippen molar-refractivity contribution in [3.05, 3.63) is 331 Å². The molecule has 530 valence electrons. The van der Waals surface area contributed by atoms with E-state index >= 15 is 0 Å². The van der Waals surface area contributed by atoms with E-state index in [1.165, 1.54) is 152 Å². The first kappa shape index (κ1) is 66.8. The number of rotatable bonds is 9. The topological polar surface area (TPSA) is 16.3 Å². The van der Waals surface area contributed by atoms with E-state index in [0.29, 0.717) is 0 Å². The van der Waals surface area contributed by atoms with Crippen molar-refractivity contribution in [2.45, 2.75) is 129 Å². The fraction of sp³-hybridized carbons (Fsp3) is 0.192. The maximum Gasteiger partial charge on any atom is 0.252 e. The molecule has 0 radical (unpaired) electrons. The molecule has 20 rings (SSSR count). The molecule has 0 unspecified atom stereocenters. The van der Waals surface area contributed by atoms with Crippen molar-refractivity contribution < 1.29 is 0 Å². The van der Waals surface area contributed by atoms with Gasteiger partial charge in [0.25, 0.3) is 6.71 Å². The van der Waals surface area contributed by atoms with E-state index in [-0.39, 0.29) is 33.8 Å². The van der Waals surface area contributed by atoms with Gasteiger partial charge in [-0.15, -0.1) is 0 Å². The van der Waals surface area contributed by atoms with Gasteiger partial charge in [-0.1, -0.05) is 282 Å². The first-order chi connectivity index (χ1) is 52.6. The molecule has 0 amide bonds. The van der Waals surface area contributed by atoms with Gasteiger partial charge in [-0.25, -0.2) is 0 Å². The Morgan fingerprint density at radius 3 is 1.13 bits per heavy atom. The van der Waals surface area contributed by atoms with Crippen LogP contribution in [0.5, 0.6) is 0 Å². The summed E-state index contributed by atoms with van der Waals surface area (Å²) in [5.41, 5.74) is 37.1. The van der Waals surface area contributed by atoms with Gasteiger partial charge >= 0.3 is 0 Å². The van der Waals surface area contributed by atoms with Crippen LogP contribution in [0, 0.1) is 0 Å². The van der Waals surface area contributed by atoms with Crippen LogP contribution >= 0.6 is 0 Å². The minimum Gasteiger partial charge on any atom is -0.311 e. The molecule has 4 heterocycles. The van der Waals surface area contributed by atoms with Crippen LogP contribution in [0.3, 0.4) is 0 Å². The number of fused-ring (bicyclic) bond motifs is 12. The highest BCUT2D eigenvalue weighted by atomic mass is 15.2. The molecule has 0 spiro atoms. The second-order valence-corrected chi connectivity index (χ2v) is 35.4. The minimum absolute atomic E-state index is 0.0277. The fourth-order valence-electron chi connectivity index (χ4n) is 19.4. The predicted octanol–water partition coefficient (Wildman–Crippen LogP) is 26.3. The second-order valence-electron chi connectivity index (χ2n) is 35.4. The monoisotopic (exact) mass is 1410 g/mol. The van der Waals surface area contributed by atoms with E-state index in [9.17, 15) is 0 Å². The number of para-hydroxylation sites is 1. The Bertz CT molecular complexity index is 6280. The van der Waals surface area contributed by atoms with E-state index in [0.717, 1.165) is 63.0 Å². The molecule has 0 saturated carbocycles. The van der Waals surface area contributed by atoms with Gasteiger partial charge < -0.3 is 18.9 Å². The normalized spacial score (nSPS) is 15.8. The van der Waals surface area contributed by atoms with Gasteiger partial charge in [0, 0.05) is 61.4 Å². The number of benzene rings is 14. The molecule has 16 aromatic rings. The van der Waals surface area contributed by atoms with Crippen molar-refractivity contribution in [2.24, 2.45) is 0 Å². The zero-order valence-electron chi connectivity index (χ0n) is 64.6. The third-order valence-electron chi connectivity index (χ3n) is 25.8. The lowest BCUT2D eigenvalue weighted by Gasteiger charge is -2.44. The molecule has 4 aliphatic rings. The van der Waals surface area contributed by atoms with Crippen LogP contribution in [0.4, 0.5) is 34.1 Å². The maximum atomic E-state index is 2.65. The third-order valence-corrected chi connectivity index (χ3v) is 25.8. The Morgan fingerprint density at radius 1 is 0.257 bits per heavy atom. The van der Waals surface area contributed by atoms with Crippen LogP contribution in [-0.2, 0) is 27.1 Å². The summed E-state index contributed by atoms with van der Waals surface area (Å²) >= 11 is 0. The first-order valence-corrected chi connectivity index (χ1v) is 39.5. The van der Waals surface area contributed by atoms with Gasteiger partial charge in [0.15, 0.2) is 0 Å². The molecule has 4 nitrogen and oxygen atoms in total. The van der Waals surface area contributed by atoms with Crippen LogP contribution in [0.25, 0.3) is 111 Å². The predicted molar refractivity (Wildman–Crippen MR) is 466 cm³/mol. The van der Waals surface area contributed by atoms with Crippen LogP contribution in [0.2, 0.25) is 0 Å². The standard InChI is InChI=1S/C104H91BN4/c1-100(2,3)76-40-52-94-84(62-76)81-29-21-22-30-91(81)108(94)79-45-48-89-96(63-79)107(78-43-33-70(34-44-78)74-36-47-86-88(60-74)104(10,11)56-54-102(86,6)7)98-65-80(109-92-49-37-71(66-23-15-12-16-24-66)57-82(92)83-58-72(38-50-93(83)109)67-25-17-13-18-26-67)64-97-99(98)105(89)90-61-75(68-27-19-14-20-28-68)39-51-95(90)106(97)77-41-31-69(32-42-77)73-35-46-85-87(59-73)103(8,9)55-53-101(85,4)5/h12-52,57-65H,53-56H2,1-11H3. The van der Waals surface area contributed by atoms with Gasteiger partial charge in [-0.3, -0.25) is 0 Å². The highest BCUT2D eigenvalue weighted by Gasteiger charge is 2.45. The lowest BCUT2D eigenvalue weighted by molar-refractivity contribution is 0.332. The number of nitrogens with zero attached hydrogens (tertiary/aromatic N) is 4. The Hall–Kier alpha value is -11.7. The molecule has 14 aromatic carbocycles. The number of hydrogen-bond donors (Lipinski definition) is 0. The van der Waals surface area contributed by atoms with Gasteiger partial charge in [0.05, 0.1) is 27.8 Å². The molecule has 2 aliphatic carbocycles. The van der Waals surface area contributed by atoms with E-state index in [2.05, 4.69) is 398 Å². The maximum absolute atomic E-state index is 2.65. The Morgan fingerprint density at radius 2 is 0.624 bits per heavy atom. The van der Waals surface area contributed by atoms with Crippen LogP contribution in [-0.4, -0.2) is 15.8 Å². The lowest BCUT2D eigenvalue weighted by Crippen LogP contribution is -2.61. The van der Waals surface area contributed by atoms with Crippen LogP contribution < -0.4 is 26.2 Å². The summed E-state index contributed by atoms with van der Waals surface area (Å²) in [7, 11) is 0. The van der Waals surface area contributed by atoms with Crippen molar-refractivity contribution in [1.82, 2.24) is 9.13 Å². The number of anilines is 6. The fourth-order valence-corrected chi connectivity index (χ4v) is 19.4. The Kier molecular flexibility index (Phi) is 15.0. The minimum atomic E-state index is -0.188. The quantitative estimate of drug-likeness (QED) is 0.134. The largest absolute Gasteiger partial charge is 0.311 e. The zero-order valence-corrected chi connectivity index (χ0v) is 64.6. The van der Waals surface area contributed by atoms with Crippen molar-refractivity contribution in [3.63, 3.8) is 0 Å². The van der Waals surface area contributed by atoms with Gasteiger partial charge in [-0.05, 0) is 250 Å². The smallest absolute Gasteiger partial charge is 0.252 e. The number of aromatic nitrogens is 2. The molecule has 0 atom stereocenters. The Labute approximate surface area is 642 Å². The van der Waals surface area contributed by atoms with Crippen molar-refractivity contribution in [3.8, 4) is 67.0 Å². The van der Waals surface area contributed by atoms with Crippen LogP contribution in [0.15, 0.2) is 303 Å². The van der Waals surface area contributed by atoms with Gasteiger partial charge in [0.1, 0.15) is 0 Å². The first-order valence-electron chi connectivity index (χ1n) is 39.5. The SMILES string of the molecule is CC(C)(C)c1ccc2c(c1)c1ccccc1n2-c1ccc2c(c1)N(c1ccc(-c3ccc4c(c3)C(C)(C)CCC4(C)C)cc1)c1cc(-n3c4ccc(-c5ccccc5)cc4c4cc(-c5ccccc5)ccc43)cc3c1B2c1cc(-c2ccccc2)ccc1N3c1ccc(-c2ccc3c(c2)C(C)(C)CCC3(C)C)cc1. The van der Waals surface area contributed by atoms with E-state index in [4.69, 9.17) is 0 Å². The summed E-state index contributed by atoms with van der Waals surface area (Å²) in [4.78, 5) is 5.26. The summed E-state index contributed by atoms with van der Waals surface area (Å²) in [5, 5.41) is 4.92. The summed E-state index contributed by atoms with van der Waals surface area (Å²) < 4.78 is 5.10. The molecule has 109 heavy (non-hydrogen) atoms. The molecular weight excluding hydrogens is 1320 g/mol. The highest BCUT2D eigenvalue weighted by Crippen LogP contribution is 2.53. The molecule has 2 aromatic heterocycles. The highest BCUT2D eigenvalue weighted by molar-refractivity contribution is 7.00. The summed E-state index contributed by atoms with van der Waals surface area (Å²) in [5.74, 6) is 0. The van der Waals surface area contributed by atoms with Gasteiger partial charge in [-0.2, -0.15) is 0 Å². The Balaban J connectivity index is 0.874. The van der Waals surface area contributed by atoms with E-state index in [1.807, 2.05) is 0 Å². The zero-order chi connectivity index (χ0) is 74.2. The summed E-state index contributed by atoms with van der Waals surface area (Å²) in [6.07, 6.45) is 4.69. The van der Waals surface area contributed by atoms with Crippen molar-refractivity contribution >= 4 is 101 Å². The second kappa shape index (κ2) is 24.4. The molecule has 2 aliphatic heterocycles. The van der Waals surface area contributed by atoms with E-state index < -0.39 is 0 Å². The summed E-state index contributed by atoms with van der Waals surface area (Å²) in [6, 6.07) is 117. The van der Waals surface area contributed by atoms with Crippen LogP contribution in [0.1, 0.15) is 130 Å². The lowest BCUT2D eigenvalue weighted by atomic mass is 9.33. The molecule has 0 saturated heterocycles. The summed E-state index contributed by atoms with van der Waals surface area (Å²) in [6.45, 7) is 26.3. The molecule has 0 fully saturated rings. The average Bonchev–Trinajstić information content (AvgIpc) is 1.66. The third kappa shape index (κ3) is 10.8.